The van der Waals surface area contributed by atoms with Crippen molar-refractivity contribution in [2.45, 2.75) is 25.9 Å². The minimum Gasteiger partial charge on any atom is -0.320 e. The van der Waals surface area contributed by atoms with E-state index in [1.54, 1.807) is 6.92 Å². The van der Waals surface area contributed by atoms with Gasteiger partial charge in [-0.05, 0) is 37.5 Å². The van der Waals surface area contributed by atoms with E-state index >= 15 is 0 Å². The van der Waals surface area contributed by atoms with E-state index < -0.39 is 22.9 Å². The molecule has 1 heterocycles. The third-order valence-electron chi connectivity index (χ3n) is 3.17. The van der Waals surface area contributed by atoms with E-state index in [4.69, 9.17) is 0 Å². The molecule has 2 rings (SSSR count). The van der Waals surface area contributed by atoms with E-state index in [2.05, 4.69) is 9.97 Å². The average Bonchev–Trinajstić information content (AvgIpc) is 2.41. The van der Waals surface area contributed by atoms with E-state index in [1.807, 2.05) is 0 Å². The van der Waals surface area contributed by atoms with Gasteiger partial charge in [0.2, 0.25) is 0 Å². The number of alkyl halides is 3. The Bertz CT molecular complexity index is 743. The van der Waals surface area contributed by atoms with E-state index in [0.717, 1.165) is 17.7 Å². The molecule has 0 radical (unpaired) electrons. The molecule has 2 aromatic rings. The Morgan fingerprint density at radius 2 is 1.52 bits per heavy atom. The van der Waals surface area contributed by atoms with Gasteiger partial charge < -0.3 is 9.97 Å². The Kier molecular flexibility index (Phi) is 4.02. The quantitative estimate of drug-likeness (QED) is 0.853. The van der Waals surface area contributed by atoms with E-state index in [1.165, 1.54) is 12.1 Å². The van der Waals surface area contributed by atoms with Crippen LogP contribution in [0.5, 0.6) is 0 Å². The van der Waals surface area contributed by atoms with Crippen molar-refractivity contribution < 1.29 is 13.2 Å². The number of H-pyrrole nitrogens is 2. The normalized spacial score (nSPS) is 11.6. The lowest BCUT2D eigenvalue weighted by Crippen LogP contribution is -2.31. The van der Waals surface area contributed by atoms with Crippen molar-refractivity contribution in [3.05, 3.63) is 67.5 Å². The maximum absolute atomic E-state index is 12.4. The molecule has 0 aliphatic carbocycles. The van der Waals surface area contributed by atoms with Gasteiger partial charge in [-0.15, -0.1) is 0 Å². The molecule has 0 saturated heterocycles. The van der Waals surface area contributed by atoms with Crippen LogP contribution in [0.4, 0.5) is 13.2 Å². The van der Waals surface area contributed by atoms with Gasteiger partial charge in [0.05, 0.1) is 5.56 Å². The smallest absolute Gasteiger partial charge is 0.320 e. The number of hydrogen-bond donors (Lipinski definition) is 2. The fourth-order valence-electron chi connectivity index (χ4n) is 1.97. The third-order valence-corrected chi connectivity index (χ3v) is 3.17. The zero-order valence-electron chi connectivity index (χ0n) is 11.2. The molecule has 0 bridgehead atoms. The number of nitrogens with one attached hydrogen (secondary N) is 2. The third kappa shape index (κ3) is 3.62. The largest absolute Gasteiger partial charge is 0.416 e. The molecule has 2 N–H and O–H groups in total. The Morgan fingerprint density at radius 1 is 0.952 bits per heavy atom. The SMILES string of the molecule is Cc1[nH]c(=O)c(=O)[nH]c1CCc1ccc(C(F)(F)F)cc1. The van der Waals surface area contributed by atoms with Crippen molar-refractivity contribution in [1.82, 2.24) is 9.97 Å². The highest BCUT2D eigenvalue weighted by Crippen LogP contribution is 2.29. The van der Waals surface area contributed by atoms with Crippen LogP contribution in [-0.4, -0.2) is 9.97 Å². The van der Waals surface area contributed by atoms with Crippen molar-refractivity contribution >= 4 is 0 Å². The highest BCUT2D eigenvalue weighted by atomic mass is 19.4. The molecule has 1 aromatic heterocycles. The van der Waals surface area contributed by atoms with Gasteiger partial charge in [-0.1, -0.05) is 12.1 Å². The summed E-state index contributed by atoms with van der Waals surface area (Å²) in [7, 11) is 0. The average molecular weight is 298 g/mol. The topological polar surface area (TPSA) is 65.7 Å². The summed E-state index contributed by atoms with van der Waals surface area (Å²) in [6.45, 7) is 1.65. The highest BCUT2D eigenvalue weighted by molar-refractivity contribution is 5.25. The predicted molar refractivity (Wildman–Crippen MR) is 71.3 cm³/mol. The zero-order valence-corrected chi connectivity index (χ0v) is 11.2. The fourth-order valence-corrected chi connectivity index (χ4v) is 1.97. The highest BCUT2D eigenvalue weighted by Gasteiger charge is 2.29. The van der Waals surface area contributed by atoms with E-state index in [-0.39, 0.29) is 0 Å². The lowest BCUT2D eigenvalue weighted by atomic mass is 10.1. The molecule has 4 nitrogen and oxygen atoms in total. The van der Waals surface area contributed by atoms with Crippen LogP contribution in [-0.2, 0) is 19.0 Å². The van der Waals surface area contributed by atoms with Gasteiger partial charge in [-0.3, -0.25) is 9.59 Å². The molecule has 0 spiro atoms. The van der Waals surface area contributed by atoms with Crippen molar-refractivity contribution in [3.8, 4) is 0 Å². The summed E-state index contributed by atoms with van der Waals surface area (Å²) in [6, 6.07) is 4.86. The Hall–Kier alpha value is -2.31. The van der Waals surface area contributed by atoms with Crippen LogP contribution in [0, 0.1) is 6.92 Å². The molecule has 0 amide bonds. The molecule has 0 fully saturated rings. The van der Waals surface area contributed by atoms with Gasteiger partial charge in [0, 0.05) is 11.4 Å². The first-order chi connectivity index (χ1) is 9.77. The summed E-state index contributed by atoms with van der Waals surface area (Å²) in [4.78, 5) is 27.2. The minimum absolute atomic E-state index is 0.420. The number of rotatable bonds is 3. The number of hydrogen-bond acceptors (Lipinski definition) is 2. The second kappa shape index (κ2) is 5.59. The maximum atomic E-state index is 12.4. The van der Waals surface area contributed by atoms with Crippen LogP contribution in [0.2, 0.25) is 0 Å². The monoisotopic (exact) mass is 298 g/mol. The van der Waals surface area contributed by atoms with Gasteiger partial charge in [0.15, 0.2) is 0 Å². The summed E-state index contributed by atoms with van der Waals surface area (Å²) < 4.78 is 37.3. The molecule has 0 unspecified atom stereocenters. The van der Waals surface area contributed by atoms with Crippen LogP contribution in [0.1, 0.15) is 22.5 Å². The summed E-state index contributed by atoms with van der Waals surface area (Å²) in [5.74, 6) is 0. The fraction of sp³-hybridized carbons (Fsp3) is 0.286. The van der Waals surface area contributed by atoms with Crippen LogP contribution in [0.3, 0.4) is 0 Å². The Balaban J connectivity index is 2.12. The number of halogens is 3. The Morgan fingerprint density at radius 3 is 2.10 bits per heavy atom. The molecule has 7 heteroatoms. The molecule has 0 atom stereocenters. The second-order valence-corrected chi connectivity index (χ2v) is 4.71. The molecular formula is C14H13F3N2O2. The molecule has 0 saturated carbocycles. The zero-order chi connectivity index (χ0) is 15.6. The van der Waals surface area contributed by atoms with Gasteiger partial charge in [0.25, 0.3) is 0 Å². The number of aromatic amines is 2. The molecule has 1 aromatic carbocycles. The van der Waals surface area contributed by atoms with Crippen LogP contribution in [0.15, 0.2) is 33.9 Å². The van der Waals surface area contributed by atoms with Crippen LogP contribution < -0.4 is 11.1 Å². The molecule has 112 valence electrons. The first kappa shape index (κ1) is 15.1. The molecule has 21 heavy (non-hydrogen) atoms. The Labute approximate surface area is 117 Å². The molecule has 0 aliphatic heterocycles. The van der Waals surface area contributed by atoms with Gasteiger partial charge in [-0.25, -0.2) is 0 Å². The van der Waals surface area contributed by atoms with Gasteiger partial charge in [-0.2, -0.15) is 13.2 Å². The summed E-state index contributed by atoms with van der Waals surface area (Å²) >= 11 is 0. The van der Waals surface area contributed by atoms with Gasteiger partial charge in [0.1, 0.15) is 0 Å². The molecule has 0 aliphatic rings. The van der Waals surface area contributed by atoms with Crippen molar-refractivity contribution in [2.75, 3.05) is 0 Å². The summed E-state index contributed by atoms with van der Waals surface area (Å²) in [5, 5.41) is 0. The molecular weight excluding hydrogens is 285 g/mol. The number of aryl methyl sites for hydroxylation is 3. The summed E-state index contributed by atoms with van der Waals surface area (Å²) in [5.41, 5.74) is -0.311. The lowest BCUT2D eigenvalue weighted by Gasteiger charge is -2.08. The minimum atomic E-state index is -4.35. The number of aromatic nitrogens is 2. The standard InChI is InChI=1S/C14H13F3N2O2/c1-8-11(19-13(21)12(20)18-8)7-4-9-2-5-10(6-3-9)14(15,16)17/h2-3,5-6H,4,7H2,1H3,(H,18,20)(H,19,21). The van der Waals surface area contributed by atoms with E-state index in [0.29, 0.717) is 24.2 Å². The first-order valence-electron chi connectivity index (χ1n) is 6.25. The van der Waals surface area contributed by atoms with Crippen molar-refractivity contribution in [3.63, 3.8) is 0 Å². The maximum Gasteiger partial charge on any atom is 0.416 e. The van der Waals surface area contributed by atoms with E-state index in [9.17, 15) is 22.8 Å². The second-order valence-electron chi connectivity index (χ2n) is 4.71. The van der Waals surface area contributed by atoms with Crippen molar-refractivity contribution in [1.29, 1.82) is 0 Å². The predicted octanol–water partition coefficient (Wildman–Crippen LogP) is 2.18. The van der Waals surface area contributed by atoms with Gasteiger partial charge >= 0.3 is 17.3 Å². The van der Waals surface area contributed by atoms with Crippen LogP contribution >= 0.6 is 0 Å². The first-order valence-corrected chi connectivity index (χ1v) is 6.25. The van der Waals surface area contributed by atoms with Crippen molar-refractivity contribution in [2.24, 2.45) is 0 Å². The lowest BCUT2D eigenvalue weighted by molar-refractivity contribution is -0.137. The van der Waals surface area contributed by atoms with Crippen LogP contribution in [0.25, 0.3) is 0 Å². The number of benzene rings is 1. The summed E-state index contributed by atoms with van der Waals surface area (Å²) in [6.07, 6.45) is -3.47.